The zero-order valence-electron chi connectivity index (χ0n) is 12.5. The highest BCUT2D eigenvalue weighted by molar-refractivity contribution is 6.05. The highest BCUT2D eigenvalue weighted by Gasteiger charge is 2.17. The number of anilines is 1. The second kappa shape index (κ2) is 6.39. The summed E-state index contributed by atoms with van der Waals surface area (Å²) in [5.74, 6) is 0.0287. The van der Waals surface area contributed by atoms with Gasteiger partial charge in [-0.05, 0) is 42.8 Å². The monoisotopic (exact) mass is 310 g/mol. The first-order valence-electron chi connectivity index (χ1n) is 7.24. The smallest absolute Gasteiger partial charge is 0.259 e. The lowest BCUT2D eigenvalue weighted by molar-refractivity contribution is 0.102. The van der Waals surface area contributed by atoms with E-state index >= 15 is 0 Å². The Balaban J connectivity index is 1.89. The van der Waals surface area contributed by atoms with E-state index in [-0.39, 0.29) is 11.7 Å². The van der Waals surface area contributed by atoms with E-state index in [2.05, 4.69) is 15.4 Å². The Hall–Kier alpha value is -3.02. The van der Waals surface area contributed by atoms with Crippen LogP contribution in [-0.2, 0) is 6.42 Å². The van der Waals surface area contributed by atoms with Crippen LogP contribution in [0.2, 0.25) is 0 Å². The Bertz CT molecular complexity index is 812. The van der Waals surface area contributed by atoms with Crippen molar-refractivity contribution in [1.82, 2.24) is 14.8 Å². The molecule has 2 heterocycles. The van der Waals surface area contributed by atoms with Crippen LogP contribution in [0.15, 0.2) is 54.9 Å². The summed E-state index contributed by atoms with van der Waals surface area (Å²) >= 11 is 0. The molecule has 23 heavy (non-hydrogen) atoms. The fourth-order valence-electron chi connectivity index (χ4n) is 2.31. The van der Waals surface area contributed by atoms with Gasteiger partial charge in [-0.15, -0.1) is 0 Å². The maximum absolute atomic E-state index is 12.9. The molecule has 0 unspecified atom stereocenters. The van der Waals surface area contributed by atoms with Gasteiger partial charge in [-0.3, -0.25) is 4.79 Å². The average Bonchev–Trinajstić information content (AvgIpc) is 3.02. The van der Waals surface area contributed by atoms with Crippen molar-refractivity contribution < 1.29 is 9.18 Å². The molecule has 0 saturated carbocycles. The van der Waals surface area contributed by atoms with E-state index < -0.39 is 0 Å². The summed E-state index contributed by atoms with van der Waals surface area (Å²) in [4.78, 5) is 16.7. The van der Waals surface area contributed by atoms with Gasteiger partial charge in [-0.1, -0.05) is 13.0 Å². The molecule has 2 aromatic heterocycles. The minimum Gasteiger partial charge on any atom is -0.322 e. The van der Waals surface area contributed by atoms with Crippen molar-refractivity contribution in [2.24, 2.45) is 0 Å². The molecule has 0 atom stereocenters. The number of nitrogens with one attached hydrogen (secondary N) is 1. The van der Waals surface area contributed by atoms with E-state index in [1.165, 1.54) is 30.5 Å². The summed E-state index contributed by atoms with van der Waals surface area (Å²) in [5.41, 5.74) is 1.77. The van der Waals surface area contributed by atoms with Gasteiger partial charge >= 0.3 is 0 Å². The molecule has 0 bridgehead atoms. The van der Waals surface area contributed by atoms with Gasteiger partial charge in [0.1, 0.15) is 5.82 Å². The molecule has 0 aliphatic carbocycles. The van der Waals surface area contributed by atoms with Crippen molar-refractivity contribution >= 4 is 11.6 Å². The third-order valence-electron chi connectivity index (χ3n) is 3.42. The molecule has 1 aromatic carbocycles. The molecule has 1 N–H and O–H groups in total. The lowest BCUT2D eigenvalue weighted by Gasteiger charge is -2.08. The van der Waals surface area contributed by atoms with Gasteiger partial charge in [0.2, 0.25) is 0 Å². The predicted octanol–water partition coefficient (Wildman–Crippen LogP) is 3.22. The highest BCUT2D eigenvalue weighted by Crippen LogP contribution is 2.16. The summed E-state index contributed by atoms with van der Waals surface area (Å²) in [7, 11) is 0. The van der Waals surface area contributed by atoms with Gasteiger partial charge in [-0.25, -0.2) is 14.1 Å². The van der Waals surface area contributed by atoms with Crippen LogP contribution in [-0.4, -0.2) is 20.7 Å². The Labute approximate surface area is 132 Å². The van der Waals surface area contributed by atoms with E-state index in [4.69, 9.17) is 0 Å². The van der Waals surface area contributed by atoms with Crippen molar-refractivity contribution in [3.05, 3.63) is 71.9 Å². The molecule has 0 aliphatic rings. The van der Waals surface area contributed by atoms with Gasteiger partial charge in [0.25, 0.3) is 5.91 Å². The molecular weight excluding hydrogens is 295 g/mol. The van der Waals surface area contributed by atoms with Gasteiger partial charge < -0.3 is 5.32 Å². The molecule has 0 saturated heterocycles. The number of carbonyl (C=O) groups excluding carboxylic acids is 1. The molecular formula is C17H15FN4O. The number of nitrogens with zero attached hydrogens (tertiary/aromatic N) is 3. The molecule has 1 amide bonds. The largest absolute Gasteiger partial charge is 0.322 e. The molecule has 0 aliphatic heterocycles. The standard InChI is InChI=1S/C17H15FN4O/c1-2-15-14(11-20-22(15)16-5-3-4-10-19-16)17(23)21-13-8-6-12(18)7-9-13/h3-11H,2H2,1H3,(H,21,23). The molecule has 5 nitrogen and oxygen atoms in total. The topological polar surface area (TPSA) is 59.8 Å². The van der Waals surface area contributed by atoms with Crippen molar-refractivity contribution in [3.8, 4) is 5.82 Å². The van der Waals surface area contributed by atoms with Crippen LogP contribution >= 0.6 is 0 Å². The van der Waals surface area contributed by atoms with Crippen molar-refractivity contribution in [2.45, 2.75) is 13.3 Å². The van der Waals surface area contributed by atoms with E-state index in [1.807, 2.05) is 25.1 Å². The lowest BCUT2D eigenvalue weighted by Crippen LogP contribution is -2.14. The Morgan fingerprint density at radius 1 is 1.22 bits per heavy atom. The normalized spacial score (nSPS) is 10.5. The van der Waals surface area contributed by atoms with Crippen molar-refractivity contribution in [3.63, 3.8) is 0 Å². The Kier molecular flexibility index (Phi) is 4.14. The van der Waals surface area contributed by atoms with Crippen LogP contribution in [0.5, 0.6) is 0 Å². The van der Waals surface area contributed by atoms with E-state index in [0.29, 0.717) is 23.5 Å². The summed E-state index contributed by atoms with van der Waals surface area (Å²) < 4.78 is 14.6. The first-order chi connectivity index (χ1) is 11.2. The molecule has 0 radical (unpaired) electrons. The Morgan fingerprint density at radius 2 is 2.00 bits per heavy atom. The lowest BCUT2D eigenvalue weighted by atomic mass is 10.2. The summed E-state index contributed by atoms with van der Waals surface area (Å²) in [5, 5.41) is 7.01. The number of hydrogen-bond donors (Lipinski definition) is 1. The third kappa shape index (κ3) is 3.11. The summed E-state index contributed by atoms with van der Waals surface area (Å²) in [6, 6.07) is 11.1. The molecule has 6 heteroatoms. The second-order valence-electron chi connectivity index (χ2n) is 4.92. The highest BCUT2D eigenvalue weighted by atomic mass is 19.1. The van der Waals surface area contributed by atoms with E-state index in [1.54, 1.807) is 10.9 Å². The number of benzene rings is 1. The van der Waals surface area contributed by atoms with Crippen LogP contribution in [0.4, 0.5) is 10.1 Å². The molecule has 0 spiro atoms. The zero-order valence-corrected chi connectivity index (χ0v) is 12.5. The van der Waals surface area contributed by atoms with Crippen molar-refractivity contribution in [1.29, 1.82) is 0 Å². The fraction of sp³-hybridized carbons (Fsp3) is 0.118. The Morgan fingerprint density at radius 3 is 2.65 bits per heavy atom. The summed E-state index contributed by atoms with van der Waals surface area (Å²) in [6.07, 6.45) is 3.82. The number of halogens is 1. The number of carbonyl (C=O) groups is 1. The average molecular weight is 310 g/mol. The quantitative estimate of drug-likeness (QED) is 0.805. The predicted molar refractivity (Wildman–Crippen MR) is 85.1 cm³/mol. The number of amides is 1. The maximum atomic E-state index is 12.9. The van der Waals surface area contributed by atoms with Crippen LogP contribution in [0.1, 0.15) is 23.0 Å². The molecule has 0 fully saturated rings. The zero-order chi connectivity index (χ0) is 16.2. The third-order valence-corrected chi connectivity index (χ3v) is 3.42. The van der Waals surface area contributed by atoms with E-state index in [0.717, 1.165) is 5.69 Å². The van der Waals surface area contributed by atoms with Crippen LogP contribution in [0, 0.1) is 5.82 Å². The van der Waals surface area contributed by atoms with E-state index in [9.17, 15) is 9.18 Å². The number of rotatable bonds is 4. The number of aromatic nitrogens is 3. The molecule has 116 valence electrons. The van der Waals surface area contributed by atoms with Gasteiger partial charge in [0.05, 0.1) is 17.5 Å². The minimum atomic E-state index is -0.347. The minimum absolute atomic E-state index is 0.282. The van der Waals surface area contributed by atoms with Crippen molar-refractivity contribution in [2.75, 3.05) is 5.32 Å². The molecule has 3 aromatic rings. The SMILES string of the molecule is CCc1c(C(=O)Nc2ccc(F)cc2)cnn1-c1ccccn1. The number of pyridine rings is 1. The number of hydrogen-bond acceptors (Lipinski definition) is 3. The maximum Gasteiger partial charge on any atom is 0.259 e. The van der Waals surface area contributed by atoms with Gasteiger partial charge in [-0.2, -0.15) is 5.10 Å². The van der Waals surface area contributed by atoms with Gasteiger partial charge in [0.15, 0.2) is 5.82 Å². The molecule has 3 rings (SSSR count). The fourth-order valence-corrected chi connectivity index (χ4v) is 2.31. The first kappa shape index (κ1) is 14.9. The van der Waals surface area contributed by atoms with Crippen LogP contribution in [0.3, 0.4) is 0 Å². The van der Waals surface area contributed by atoms with Crippen LogP contribution in [0.25, 0.3) is 5.82 Å². The second-order valence-corrected chi connectivity index (χ2v) is 4.92. The first-order valence-corrected chi connectivity index (χ1v) is 7.24. The van der Waals surface area contributed by atoms with Gasteiger partial charge in [0, 0.05) is 11.9 Å². The summed E-state index contributed by atoms with van der Waals surface area (Å²) in [6.45, 7) is 1.95. The van der Waals surface area contributed by atoms with Crippen LogP contribution < -0.4 is 5.32 Å².